The van der Waals surface area contributed by atoms with Crippen LogP contribution in [0.25, 0.3) is 98.8 Å². The zero-order chi connectivity index (χ0) is 37.4. The minimum Gasteiger partial charge on any atom is -0.482 e. The number of fused-ring (bicyclic) bond motifs is 16. The van der Waals surface area contributed by atoms with Crippen LogP contribution in [-0.4, -0.2) is 10.6 Å². The minimum atomic E-state index is -0.672. The van der Waals surface area contributed by atoms with E-state index in [4.69, 9.17) is 14.1 Å². The van der Waals surface area contributed by atoms with E-state index in [-0.39, 0.29) is 5.92 Å². The van der Waals surface area contributed by atoms with Gasteiger partial charge in [-0.05, 0) is 86.3 Å². The van der Waals surface area contributed by atoms with Gasteiger partial charge in [0.05, 0.1) is 17.1 Å². The van der Waals surface area contributed by atoms with Gasteiger partial charge < -0.3 is 9.15 Å². The molecular formula is C54H33NO2. The molecule has 0 amide bonds. The highest BCUT2D eigenvalue weighted by atomic mass is 16.5. The molecule has 0 saturated carbocycles. The summed E-state index contributed by atoms with van der Waals surface area (Å²) in [5.41, 5.74) is 10.3. The van der Waals surface area contributed by atoms with E-state index < -0.39 is 5.60 Å². The molecule has 0 fully saturated rings. The molecule has 0 N–H and O–H groups in total. The van der Waals surface area contributed by atoms with Crippen molar-refractivity contribution in [3.63, 3.8) is 0 Å². The SMILES string of the molecule is CC12Oc3ccc4ccccc4c3C1c1ccccc1C=C2c1c2ccccc2c(-c2nc3ccccc3c3c2ccc2c4ccccc4oc23)c2ccccc12. The Bertz CT molecular complexity index is 3530. The Labute approximate surface area is 328 Å². The minimum absolute atomic E-state index is 0.00400. The van der Waals surface area contributed by atoms with Gasteiger partial charge in [-0.25, -0.2) is 4.98 Å². The molecule has 0 bridgehead atoms. The van der Waals surface area contributed by atoms with Crippen molar-refractivity contribution in [1.82, 2.24) is 4.98 Å². The number of nitrogens with zero attached hydrogens (tertiary/aromatic N) is 1. The van der Waals surface area contributed by atoms with Gasteiger partial charge in [0.2, 0.25) is 0 Å². The maximum absolute atomic E-state index is 7.32. The first kappa shape index (κ1) is 31.0. The maximum atomic E-state index is 7.32. The molecule has 0 spiro atoms. The van der Waals surface area contributed by atoms with Gasteiger partial charge in [-0.1, -0.05) is 146 Å². The third kappa shape index (κ3) is 4.08. The van der Waals surface area contributed by atoms with E-state index in [1.165, 1.54) is 49.4 Å². The van der Waals surface area contributed by atoms with E-state index in [2.05, 4.69) is 177 Å². The number of para-hydroxylation sites is 2. The largest absolute Gasteiger partial charge is 0.482 e. The highest BCUT2D eigenvalue weighted by Crippen LogP contribution is 2.60. The van der Waals surface area contributed by atoms with Crippen LogP contribution in [0, 0.1) is 0 Å². The van der Waals surface area contributed by atoms with Gasteiger partial charge in [-0.15, -0.1) is 0 Å². The highest BCUT2D eigenvalue weighted by molar-refractivity contribution is 6.28. The van der Waals surface area contributed by atoms with Gasteiger partial charge in [-0.3, -0.25) is 0 Å². The van der Waals surface area contributed by atoms with E-state index in [1.54, 1.807) is 0 Å². The quantitative estimate of drug-likeness (QED) is 0.131. The summed E-state index contributed by atoms with van der Waals surface area (Å²) in [6.07, 6.45) is 2.40. The van der Waals surface area contributed by atoms with E-state index in [9.17, 15) is 0 Å². The zero-order valence-electron chi connectivity index (χ0n) is 31.1. The van der Waals surface area contributed by atoms with Crippen LogP contribution in [0.2, 0.25) is 0 Å². The molecule has 0 radical (unpaired) electrons. The smallest absolute Gasteiger partial charge is 0.144 e. The average molecular weight is 728 g/mol. The lowest BCUT2D eigenvalue weighted by molar-refractivity contribution is 0.165. The first-order chi connectivity index (χ1) is 28.2. The summed E-state index contributed by atoms with van der Waals surface area (Å²) in [6, 6.07) is 61.1. The summed E-state index contributed by atoms with van der Waals surface area (Å²) in [4.78, 5) is 5.55. The predicted octanol–water partition coefficient (Wildman–Crippen LogP) is 14.3. The van der Waals surface area contributed by atoms with Gasteiger partial charge in [-0.2, -0.15) is 0 Å². The van der Waals surface area contributed by atoms with Gasteiger partial charge in [0.15, 0.2) is 0 Å². The lowest BCUT2D eigenvalue weighted by atomic mass is 9.67. The van der Waals surface area contributed by atoms with Crippen molar-refractivity contribution in [2.24, 2.45) is 0 Å². The molecule has 9 aromatic carbocycles. The van der Waals surface area contributed by atoms with E-state index in [0.717, 1.165) is 71.4 Å². The summed E-state index contributed by atoms with van der Waals surface area (Å²) in [5.74, 6) is 0.960. The first-order valence-corrected chi connectivity index (χ1v) is 19.7. The molecule has 57 heavy (non-hydrogen) atoms. The molecule has 1 aliphatic heterocycles. The topological polar surface area (TPSA) is 35.3 Å². The van der Waals surface area contributed by atoms with Crippen LogP contribution in [-0.2, 0) is 0 Å². The highest BCUT2D eigenvalue weighted by Gasteiger charge is 2.52. The first-order valence-electron chi connectivity index (χ1n) is 19.7. The molecule has 1 aliphatic carbocycles. The van der Waals surface area contributed by atoms with Crippen LogP contribution >= 0.6 is 0 Å². The normalized spacial score (nSPS) is 17.4. The second-order valence-electron chi connectivity index (χ2n) is 15.8. The molecule has 2 atom stereocenters. The number of hydrogen-bond acceptors (Lipinski definition) is 3. The Morgan fingerprint density at radius 1 is 0.509 bits per heavy atom. The lowest BCUT2D eigenvalue weighted by Gasteiger charge is -2.39. The zero-order valence-corrected chi connectivity index (χ0v) is 31.1. The standard InChI is InChI=1S/C54H33NO2/c1-54-43(30-32-15-3-5-17-34(32)51(54)50-33-16-4-2-14-31(33)26-29-46(50)57-54)47-36-19-6-8-21-38(36)48(39-22-9-7-20-37(39)47)52-42-28-27-40-35-18-11-13-25-45(35)56-53(40)49(42)41-23-10-12-24-44(41)55-52/h2-30,51H,1H3. The fourth-order valence-corrected chi connectivity index (χ4v) is 10.5. The summed E-state index contributed by atoms with van der Waals surface area (Å²) in [7, 11) is 0. The maximum Gasteiger partial charge on any atom is 0.144 e. The number of furan rings is 1. The van der Waals surface area contributed by atoms with Crippen molar-refractivity contribution in [2.45, 2.75) is 18.4 Å². The molecule has 3 heteroatoms. The summed E-state index contributed by atoms with van der Waals surface area (Å²) in [5, 5.41) is 12.6. The van der Waals surface area contributed by atoms with Crippen LogP contribution in [0.5, 0.6) is 5.75 Å². The monoisotopic (exact) mass is 727 g/mol. The number of benzene rings is 9. The molecule has 13 rings (SSSR count). The Morgan fingerprint density at radius 3 is 1.91 bits per heavy atom. The molecule has 2 aliphatic rings. The number of aromatic nitrogens is 1. The van der Waals surface area contributed by atoms with Crippen LogP contribution in [0.4, 0.5) is 0 Å². The van der Waals surface area contributed by atoms with Gasteiger partial charge in [0.1, 0.15) is 22.5 Å². The molecule has 2 unspecified atom stereocenters. The Balaban J connectivity index is 1.15. The summed E-state index contributed by atoms with van der Waals surface area (Å²) < 4.78 is 14.0. The molecule has 2 aromatic heterocycles. The molecule has 3 heterocycles. The number of rotatable bonds is 2. The van der Waals surface area contributed by atoms with Crippen molar-refractivity contribution >= 4 is 87.6 Å². The van der Waals surface area contributed by atoms with Crippen LogP contribution < -0.4 is 4.74 Å². The molecule has 0 saturated heterocycles. The van der Waals surface area contributed by atoms with Crippen molar-refractivity contribution in [1.29, 1.82) is 0 Å². The predicted molar refractivity (Wildman–Crippen MR) is 236 cm³/mol. The van der Waals surface area contributed by atoms with E-state index in [0.29, 0.717) is 0 Å². The second-order valence-corrected chi connectivity index (χ2v) is 15.8. The van der Waals surface area contributed by atoms with Crippen LogP contribution in [0.3, 0.4) is 0 Å². The van der Waals surface area contributed by atoms with Crippen LogP contribution in [0.1, 0.15) is 35.1 Å². The number of ether oxygens (including phenoxy) is 1. The summed E-state index contributed by atoms with van der Waals surface area (Å²) >= 11 is 0. The van der Waals surface area contributed by atoms with E-state index >= 15 is 0 Å². The molecule has 3 nitrogen and oxygen atoms in total. The Kier molecular flexibility index (Phi) is 6.09. The van der Waals surface area contributed by atoms with Gasteiger partial charge in [0, 0.05) is 43.6 Å². The van der Waals surface area contributed by atoms with Crippen molar-refractivity contribution in [3.05, 3.63) is 192 Å². The second kappa shape index (κ2) is 11.2. The van der Waals surface area contributed by atoms with E-state index in [1.807, 2.05) is 6.07 Å². The van der Waals surface area contributed by atoms with Gasteiger partial charge >= 0.3 is 0 Å². The Morgan fingerprint density at radius 2 is 1.12 bits per heavy atom. The number of hydrogen-bond donors (Lipinski definition) is 0. The fraction of sp³-hybridized carbons (Fsp3) is 0.0556. The molecular weight excluding hydrogens is 695 g/mol. The number of pyridine rings is 1. The van der Waals surface area contributed by atoms with Crippen molar-refractivity contribution in [3.8, 4) is 17.0 Å². The third-order valence-corrected chi connectivity index (χ3v) is 12.9. The van der Waals surface area contributed by atoms with Crippen molar-refractivity contribution < 1.29 is 9.15 Å². The third-order valence-electron chi connectivity index (χ3n) is 12.9. The van der Waals surface area contributed by atoms with Crippen LogP contribution in [0.15, 0.2) is 174 Å². The van der Waals surface area contributed by atoms with Gasteiger partial charge in [0.25, 0.3) is 0 Å². The summed E-state index contributed by atoms with van der Waals surface area (Å²) in [6.45, 7) is 2.31. The Hall–Kier alpha value is -7.23. The molecule has 11 aromatic rings. The van der Waals surface area contributed by atoms with Crippen molar-refractivity contribution in [2.75, 3.05) is 0 Å². The molecule has 266 valence electrons. The average Bonchev–Trinajstić information content (AvgIpc) is 3.81. The lowest BCUT2D eigenvalue weighted by Crippen LogP contribution is -2.39. The fourth-order valence-electron chi connectivity index (χ4n) is 10.5.